The van der Waals surface area contributed by atoms with Crippen LogP contribution in [0.1, 0.15) is 36.8 Å². The van der Waals surface area contributed by atoms with Crippen LogP contribution in [-0.2, 0) is 19.4 Å². The molecule has 0 spiro atoms. The topological polar surface area (TPSA) is 67.4 Å². The maximum atomic E-state index is 8.82. The fourth-order valence-electron chi connectivity index (χ4n) is 1.77. The average molecular weight is 241 g/mol. The summed E-state index contributed by atoms with van der Waals surface area (Å²) in [4.78, 5) is 8.41. The van der Waals surface area contributed by atoms with Gasteiger partial charge in [0.25, 0.3) is 0 Å². The predicted octanol–water partition coefficient (Wildman–Crippen LogP) is 1.72. The van der Waals surface area contributed by atoms with E-state index in [0.717, 1.165) is 30.1 Å². The third kappa shape index (κ3) is 2.54. The number of hydrogen-bond donors (Lipinski definition) is 0. The lowest BCUT2D eigenvalue weighted by Gasteiger charge is -2.04. The molecule has 92 valence electrons. The number of nitrogens with zero attached hydrogens (tertiary/aromatic N) is 5. The first-order valence-electron chi connectivity index (χ1n) is 6.04. The number of nitriles is 1. The molecule has 0 aromatic carbocycles. The summed E-state index contributed by atoms with van der Waals surface area (Å²) in [6.45, 7) is 4.74. The van der Waals surface area contributed by atoms with E-state index < -0.39 is 0 Å². The second-order valence-corrected chi connectivity index (χ2v) is 3.97. The molecule has 2 rings (SSSR count). The van der Waals surface area contributed by atoms with Gasteiger partial charge in [-0.2, -0.15) is 10.4 Å². The minimum Gasteiger partial charge on any atom is -0.246 e. The molecule has 0 aliphatic carbocycles. The second-order valence-electron chi connectivity index (χ2n) is 3.97. The van der Waals surface area contributed by atoms with Crippen molar-refractivity contribution in [3.05, 3.63) is 41.2 Å². The number of pyridine rings is 1. The number of aromatic nitrogens is 4. The van der Waals surface area contributed by atoms with Gasteiger partial charge in [-0.15, -0.1) is 0 Å². The Hall–Kier alpha value is -2.22. The molecular formula is C13H15N5. The minimum atomic E-state index is 0.432. The predicted molar refractivity (Wildman–Crippen MR) is 66.8 cm³/mol. The molecule has 5 heteroatoms. The molecule has 0 atom stereocenters. The highest BCUT2D eigenvalue weighted by atomic mass is 15.3. The molecule has 0 saturated heterocycles. The van der Waals surface area contributed by atoms with Crippen LogP contribution < -0.4 is 0 Å². The van der Waals surface area contributed by atoms with Crippen LogP contribution in [0, 0.1) is 11.3 Å². The first-order chi connectivity index (χ1) is 8.76. The zero-order valence-corrected chi connectivity index (χ0v) is 10.6. The van der Waals surface area contributed by atoms with E-state index in [1.54, 1.807) is 12.3 Å². The molecule has 0 amide bonds. The lowest BCUT2D eigenvalue weighted by Crippen LogP contribution is -2.06. The van der Waals surface area contributed by atoms with E-state index in [9.17, 15) is 0 Å². The van der Waals surface area contributed by atoms with Crippen molar-refractivity contribution in [2.75, 3.05) is 0 Å². The van der Waals surface area contributed by atoms with Crippen LogP contribution in [0.25, 0.3) is 0 Å². The molecule has 5 nitrogen and oxygen atoms in total. The highest BCUT2D eigenvalue weighted by Gasteiger charge is 2.07. The number of hydrogen-bond acceptors (Lipinski definition) is 4. The van der Waals surface area contributed by atoms with Crippen molar-refractivity contribution in [3.8, 4) is 6.07 Å². The maximum absolute atomic E-state index is 8.82. The van der Waals surface area contributed by atoms with E-state index in [1.807, 2.05) is 23.7 Å². The molecule has 0 aliphatic heterocycles. The Morgan fingerprint density at radius 2 is 2.17 bits per heavy atom. The van der Waals surface area contributed by atoms with Gasteiger partial charge in [-0.05, 0) is 17.7 Å². The van der Waals surface area contributed by atoms with Crippen molar-refractivity contribution in [2.45, 2.75) is 33.2 Å². The molecule has 2 heterocycles. The molecule has 0 saturated carbocycles. The number of rotatable bonds is 4. The molecule has 2 aromatic heterocycles. The molecular weight excluding hydrogens is 226 g/mol. The molecule has 0 fully saturated rings. The maximum Gasteiger partial charge on any atom is 0.150 e. The molecule has 0 bridgehead atoms. The minimum absolute atomic E-state index is 0.432. The first kappa shape index (κ1) is 12.2. The van der Waals surface area contributed by atoms with E-state index in [0.29, 0.717) is 12.2 Å². The third-order valence-corrected chi connectivity index (χ3v) is 2.70. The lowest BCUT2D eigenvalue weighted by atomic mass is 10.2. The lowest BCUT2D eigenvalue weighted by molar-refractivity contribution is 0.636. The van der Waals surface area contributed by atoms with Gasteiger partial charge in [0, 0.05) is 19.0 Å². The highest BCUT2D eigenvalue weighted by Crippen LogP contribution is 2.07. The molecule has 0 N–H and O–H groups in total. The Balaban J connectivity index is 2.27. The summed E-state index contributed by atoms with van der Waals surface area (Å²) in [6, 6.07) is 5.72. The largest absolute Gasteiger partial charge is 0.246 e. The fraction of sp³-hybridized carbons (Fsp3) is 0.385. The molecule has 2 aromatic rings. The van der Waals surface area contributed by atoms with Crippen LogP contribution in [0.15, 0.2) is 18.3 Å². The van der Waals surface area contributed by atoms with Gasteiger partial charge in [-0.3, -0.25) is 0 Å². The Morgan fingerprint density at radius 1 is 1.33 bits per heavy atom. The van der Waals surface area contributed by atoms with Gasteiger partial charge >= 0.3 is 0 Å². The Bertz CT molecular complexity index is 579. The van der Waals surface area contributed by atoms with Crippen LogP contribution in [0.2, 0.25) is 0 Å². The van der Waals surface area contributed by atoms with Crippen LogP contribution in [0.5, 0.6) is 0 Å². The normalized spacial score (nSPS) is 10.3. The van der Waals surface area contributed by atoms with Crippen LogP contribution >= 0.6 is 0 Å². The van der Waals surface area contributed by atoms with Crippen molar-refractivity contribution in [1.29, 1.82) is 5.26 Å². The van der Waals surface area contributed by atoms with Crippen LogP contribution in [-0.4, -0.2) is 19.7 Å². The summed E-state index contributed by atoms with van der Waals surface area (Å²) in [5.74, 6) is 1.84. The zero-order chi connectivity index (χ0) is 13.0. The van der Waals surface area contributed by atoms with Gasteiger partial charge in [0.2, 0.25) is 0 Å². The Morgan fingerprint density at radius 3 is 2.83 bits per heavy atom. The quantitative estimate of drug-likeness (QED) is 0.817. The summed E-state index contributed by atoms with van der Waals surface area (Å²) >= 11 is 0. The molecule has 0 aliphatic rings. The standard InChI is InChI=1S/C13H15N5/c1-3-12-16-13(4-2)18(17-12)9-10-5-6-15-11(7-10)8-14/h5-7H,3-4,9H2,1-2H3. The van der Waals surface area contributed by atoms with Gasteiger partial charge in [-0.1, -0.05) is 13.8 Å². The monoisotopic (exact) mass is 241 g/mol. The van der Waals surface area contributed by atoms with Crippen molar-refractivity contribution in [2.24, 2.45) is 0 Å². The molecule has 0 radical (unpaired) electrons. The average Bonchev–Trinajstić information content (AvgIpc) is 2.81. The van der Waals surface area contributed by atoms with Gasteiger partial charge < -0.3 is 0 Å². The van der Waals surface area contributed by atoms with Crippen molar-refractivity contribution >= 4 is 0 Å². The van der Waals surface area contributed by atoms with E-state index in [-0.39, 0.29) is 0 Å². The Kier molecular flexibility index (Phi) is 3.68. The van der Waals surface area contributed by atoms with Crippen molar-refractivity contribution in [3.63, 3.8) is 0 Å². The second kappa shape index (κ2) is 5.41. The molecule has 0 unspecified atom stereocenters. The van der Waals surface area contributed by atoms with E-state index >= 15 is 0 Å². The fourth-order valence-corrected chi connectivity index (χ4v) is 1.77. The van der Waals surface area contributed by atoms with E-state index in [2.05, 4.69) is 22.0 Å². The van der Waals surface area contributed by atoms with Crippen molar-refractivity contribution < 1.29 is 0 Å². The molecule has 18 heavy (non-hydrogen) atoms. The van der Waals surface area contributed by atoms with Crippen LogP contribution in [0.4, 0.5) is 0 Å². The van der Waals surface area contributed by atoms with Crippen molar-refractivity contribution in [1.82, 2.24) is 19.7 Å². The summed E-state index contributed by atoms with van der Waals surface area (Å²) in [6.07, 6.45) is 3.33. The number of aryl methyl sites for hydroxylation is 2. The van der Waals surface area contributed by atoms with E-state index in [1.165, 1.54) is 0 Å². The van der Waals surface area contributed by atoms with Gasteiger partial charge in [0.05, 0.1) is 6.54 Å². The third-order valence-electron chi connectivity index (χ3n) is 2.70. The van der Waals surface area contributed by atoms with Gasteiger partial charge in [-0.25, -0.2) is 14.6 Å². The van der Waals surface area contributed by atoms with Gasteiger partial charge in [0.1, 0.15) is 17.6 Å². The van der Waals surface area contributed by atoms with Crippen LogP contribution in [0.3, 0.4) is 0 Å². The Labute approximate surface area is 106 Å². The SMILES string of the molecule is CCc1nc(CC)n(Cc2ccnc(C#N)c2)n1. The summed E-state index contributed by atoms with van der Waals surface area (Å²) < 4.78 is 1.90. The summed E-state index contributed by atoms with van der Waals surface area (Å²) in [5.41, 5.74) is 1.45. The smallest absolute Gasteiger partial charge is 0.150 e. The zero-order valence-electron chi connectivity index (χ0n) is 10.6. The van der Waals surface area contributed by atoms with Gasteiger partial charge in [0.15, 0.2) is 5.82 Å². The summed E-state index contributed by atoms with van der Waals surface area (Å²) in [7, 11) is 0. The first-order valence-corrected chi connectivity index (χ1v) is 6.04. The van der Waals surface area contributed by atoms with E-state index in [4.69, 9.17) is 5.26 Å². The highest BCUT2D eigenvalue weighted by molar-refractivity contribution is 5.25. The summed E-state index contributed by atoms with van der Waals surface area (Å²) in [5, 5.41) is 13.3.